The number of amides is 1. The summed E-state index contributed by atoms with van der Waals surface area (Å²) < 4.78 is 0. The molecule has 3 fully saturated rings. The Balaban J connectivity index is 1.20. The van der Waals surface area contributed by atoms with Gasteiger partial charge in [-0.25, -0.2) is 4.98 Å². The molecule has 1 saturated heterocycles. The molecule has 5 nitrogen and oxygen atoms in total. The van der Waals surface area contributed by atoms with Gasteiger partial charge in [0.05, 0.1) is 0 Å². The Kier molecular flexibility index (Phi) is 4.91. The molecule has 26 heavy (non-hydrogen) atoms. The molecule has 0 aromatic carbocycles. The van der Waals surface area contributed by atoms with Crippen molar-refractivity contribution in [1.29, 1.82) is 0 Å². The highest BCUT2D eigenvalue weighted by Crippen LogP contribution is 2.58. The molecule has 5 heteroatoms. The zero-order valence-corrected chi connectivity index (χ0v) is 16.2. The highest BCUT2D eigenvalue weighted by Gasteiger charge is 2.57. The molecule has 2 heterocycles. The number of carbonyl (C=O) groups is 1. The normalized spacial score (nSPS) is 30.0. The summed E-state index contributed by atoms with van der Waals surface area (Å²) in [6.45, 7) is 8.96. The highest BCUT2D eigenvalue weighted by atomic mass is 16.2. The number of nitrogens with one attached hydrogen (secondary N) is 1. The summed E-state index contributed by atoms with van der Waals surface area (Å²) in [5.74, 6) is 3.05. The lowest BCUT2D eigenvalue weighted by molar-refractivity contribution is -0.131. The number of nitrogens with zero attached hydrogens (tertiary/aromatic N) is 3. The number of piperazine rings is 1. The topological polar surface area (TPSA) is 48.5 Å². The van der Waals surface area contributed by atoms with E-state index < -0.39 is 0 Å². The fourth-order valence-corrected chi connectivity index (χ4v) is 5.61. The van der Waals surface area contributed by atoms with Gasteiger partial charge < -0.3 is 15.1 Å². The maximum Gasteiger partial charge on any atom is 0.223 e. The fraction of sp³-hybridized carbons (Fsp3) is 0.714. The van der Waals surface area contributed by atoms with Crippen LogP contribution < -0.4 is 10.2 Å². The summed E-state index contributed by atoms with van der Waals surface area (Å²) in [7, 11) is 0. The lowest BCUT2D eigenvalue weighted by Gasteiger charge is -2.56. The van der Waals surface area contributed by atoms with E-state index in [1.807, 2.05) is 29.3 Å². The molecule has 0 bridgehead atoms. The van der Waals surface area contributed by atoms with Crippen molar-refractivity contribution >= 4 is 11.7 Å². The van der Waals surface area contributed by atoms with Crippen LogP contribution in [-0.4, -0.2) is 54.6 Å². The van der Waals surface area contributed by atoms with Crippen molar-refractivity contribution in [2.45, 2.75) is 45.6 Å². The van der Waals surface area contributed by atoms with E-state index in [1.165, 1.54) is 19.3 Å². The third kappa shape index (κ3) is 3.22. The van der Waals surface area contributed by atoms with Crippen LogP contribution in [0.3, 0.4) is 0 Å². The molecule has 1 N–H and O–H groups in total. The Morgan fingerprint density at radius 3 is 2.77 bits per heavy atom. The van der Waals surface area contributed by atoms with Crippen molar-refractivity contribution in [3.8, 4) is 0 Å². The number of pyridine rings is 1. The van der Waals surface area contributed by atoms with Crippen molar-refractivity contribution in [3.63, 3.8) is 0 Å². The van der Waals surface area contributed by atoms with Crippen LogP contribution in [0.25, 0.3) is 0 Å². The second-order valence-electron chi connectivity index (χ2n) is 8.76. The minimum atomic E-state index is 0.290. The van der Waals surface area contributed by atoms with E-state index >= 15 is 0 Å². The predicted octanol–water partition coefficient (Wildman–Crippen LogP) is 2.53. The number of fused-ring (bicyclic) bond motifs is 1. The van der Waals surface area contributed by atoms with E-state index in [0.717, 1.165) is 50.4 Å². The number of hydrogen-bond acceptors (Lipinski definition) is 4. The van der Waals surface area contributed by atoms with Gasteiger partial charge in [0, 0.05) is 51.4 Å². The SMILES string of the molecule is CC1(C)C(NCCC(=O)N2CCN(c3ccccn3)CC2)[C@@H]2CCC[C@@H]21. The molecule has 2 saturated carbocycles. The summed E-state index contributed by atoms with van der Waals surface area (Å²) in [6.07, 6.45) is 6.60. The first-order valence-corrected chi connectivity index (χ1v) is 10.2. The first kappa shape index (κ1) is 17.8. The molecule has 3 aliphatic rings. The van der Waals surface area contributed by atoms with E-state index in [2.05, 4.69) is 29.0 Å². The molecule has 142 valence electrons. The number of carbonyl (C=O) groups excluding carboxylic acids is 1. The van der Waals surface area contributed by atoms with Crippen LogP contribution in [0.15, 0.2) is 24.4 Å². The van der Waals surface area contributed by atoms with Crippen LogP contribution in [0.1, 0.15) is 39.5 Å². The van der Waals surface area contributed by atoms with Crippen LogP contribution in [0.4, 0.5) is 5.82 Å². The van der Waals surface area contributed by atoms with Crippen molar-refractivity contribution in [1.82, 2.24) is 15.2 Å². The van der Waals surface area contributed by atoms with Gasteiger partial charge in [0.1, 0.15) is 5.82 Å². The zero-order chi connectivity index (χ0) is 18.1. The molecule has 0 radical (unpaired) electrons. The summed E-state index contributed by atoms with van der Waals surface area (Å²) in [5, 5.41) is 3.72. The van der Waals surface area contributed by atoms with Gasteiger partial charge >= 0.3 is 0 Å². The second-order valence-corrected chi connectivity index (χ2v) is 8.76. The van der Waals surface area contributed by atoms with Crippen LogP contribution >= 0.6 is 0 Å². The van der Waals surface area contributed by atoms with E-state index in [0.29, 0.717) is 23.8 Å². The maximum absolute atomic E-state index is 12.6. The van der Waals surface area contributed by atoms with Crippen molar-refractivity contribution in [3.05, 3.63) is 24.4 Å². The van der Waals surface area contributed by atoms with Crippen LogP contribution in [0.5, 0.6) is 0 Å². The number of anilines is 1. The van der Waals surface area contributed by atoms with Crippen LogP contribution in [0, 0.1) is 17.3 Å². The Morgan fingerprint density at radius 2 is 2.04 bits per heavy atom. The summed E-state index contributed by atoms with van der Waals surface area (Å²) in [6, 6.07) is 6.59. The van der Waals surface area contributed by atoms with Crippen LogP contribution in [0.2, 0.25) is 0 Å². The average Bonchev–Trinajstić information content (AvgIpc) is 3.13. The maximum atomic E-state index is 12.6. The smallest absolute Gasteiger partial charge is 0.223 e. The first-order valence-electron chi connectivity index (χ1n) is 10.2. The second kappa shape index (κ2) is 7.18. The molecule has 3 atom stereocenters. The van der Waals surface area contributed by atoms with Gasteiger partial charge in [-0.15, -0.1) is 0 Å². The summed E-state index contributed by atoms with van der Waals surface area (Å²) >= 11 is 0. The molecule has 1 amide bonds. The Labute approximate surface area is 157 Å². The molecule has 1 unspecified atom stereocenters. The third-order valence-corrected chi connectivity index (χ3v) is 7.06. The van der Waals surface area contributed by atoms with E-state index in [9.17, 15) is 4.79 Å². The molecular weight excluding hydrogens is 324 g/mol. The zero-order valence-electron chi connectivity index (χ0n) is 16.2. The Morgan fingerprint density at radius 1 is 1.23 bits per heavy atom. The molecular formula is C21H32N4O. The quantitative estimate of drug-likeness (QED) is 0.881. The Bertz CT molecular complexity index is 624. The molecule has 1 aliphatic heterocycles. The average molecular weight is 357 g/mol. The van der Waals surface area contributed by atoms with Gasteiger partial charge in [0.15, 0.2) is 0 Å². The van der Waals surface area contributed by atoms with Crippen molar-refractivity contribution in [2.24, 2.45) is 17.3 Å². The van der Waals surface area contributed by atoms with E-state index in [4.69, 9.17) is 0 Å². The fourth-order valence-electron chi connectivity index (χ4n) is 5.61. The number of hydrogen-bond donors (Lipinski definition) is 1. The minimum Gasteiger partial charge on any atom is -0.353 e. The van der Waals surface area contributed by atoms with Gasteiger partial charge in [-0.3, -0.25) is 4.79 Å². The lowest BCUT2D eigenvalue weighted by atomic mass is 9.53. The molecule has 2 aliphatic carbocycles. The predicted molar refractivity (Wildman–Crippen MR) is 104 cm³/mol. The molecule has 1 aromatic rings. The van der Waals surface area contributed by atoms with Gasteiger partial charge in [0.25, 0.3) is 0 Å². The van der Waals surface area contributed by atoms with Crippen molar-refractivity contribution < 1.29 is 4.79 Å². The van der Waals surface area contributed by atoms with E-state index in [-0.39, 0.29) is 0 Å². The third-order valence-electron chi connectivity index (χ3n) is 7.06. The summed E-state index contributed by atoms with van der Waals surface area (Å²) in [4.78, 5) is 21.3. The van der Waals surface area contributed by atoms with Crippen molar-refractivity contribution in [2.75, 3.05) is 37.6 Å². The van der Waals surface area contributed by atoms with Gasteiger partial charge in [-0.05, 0) is 42.2 Å². The van der Waals surface area contributed by atoms with Gasteiger partial charge in [-0.2, -0.15) is 0 Å². The van der Waals surface area contributed by atoms with E-state index in [1.54, 1.807) is 0 Å². The lowest BCUT2D eigenvalue weighted by Crippen LogP contribution is -2.62. The molecule has 0 spiro atoms. The number of rotatable bonds is 5. The van der Waals surface area contributed by atoms with Gasteiger partial charge in [-0.1, -0.05) is 26.3 Å². The van der Waals surface area contributed by atoms with Gasteiger partial charge in [0.2, 0.25) is 5.91 Å². The minimum absolute atomic E-state index is 0.290. The summed E-state index contributed by atoms with van der Waals surface area (Å²) in [5.41, 5.74) is 0.401. The first-order chi connectivity index (χ1) is 12.6. The Hall–Kier alpha value is -1.62. The number of aromatic nitrogens is 1. The molecule has 4 rings (SSSR count). The largest absolute Gasteiger partial charge is 0.353 e. The standard InChI is InChI=1S/C21H32N4O/c1-21(2)17-7-5-6-16(17)20(21)23-11-9-19(26)25-14-12-24(13-15-25)18-8-3-4-10-22-18/h3-4,8,10,16-17,20,23H,5-7,9,11-15H2,1-2H3/t16-,17+,20?/m1/s1. The highest BCUT2D eigenvalue weighted by molar-refractivity contribution is 5.76. The van der Waals surface area contributed by atoms with Crippen LogP contribution in [-0.2, 0) is 4.79 Å². The monoisotopic (exact) mass is 356 g/mol. The molecule has 1 aromatic heterocycles.